The van der Waals surface area contributed by atoms with Gasteiger partial charge in [0.15, 0.2) is 0 Å². The number of carbonyl (C=O) groups excluding carboxylic acids is 1. The standard InChI is InChI=1S/C25H24F2N4O.C2H6/c26-22-13-19-17(7-10-30-25(19)32)11-20(22)21-12-18(23(27)31-24(21)28)16-3-1-14(2-4-16)15-5-8-29-9-6-15;1-2/h1-4,11-13,15,29H,5-10H2,(H2,28,31)(H,30,32);1-2H3. The molecule has 5 nitrogen and oxygen atoms in total. The maximum absolute atomic E-state index is 14.9. The van der Waals surface area contributed by atoms with Crippen LogP contribution in [0.1, 0.15) is 54.1 Å². The Morgan fingerprint density at radius 1 is 0.912 bits per heavy atom. The van der Waals surface area contributed by atoms with E-state index >= 15 is 0 Å². The van der Waals surface area contributed by atoms with Gasteiger partial charge in [0.2, 0.25) is 5.95 Å². The third kappa shape index (κ3) is 4.66. The van der Waals surface area contributed by atoms with Gasteiger partial charge in [0, 0.05) is 28.8 Å². The Morgan fingerprint density at radius 3 is 2.32 bits per heavy atom. The monoisotopic (exact) mass is 464 g/mol. The van der Waals surface area contributed by atoms with E-state index in [-0.39, 0.29) is 22.9 Å². The molecular formula is C27H30F2N4O. The number of benzene rings is 2. The molecule has 0 aliphatic carbocycles. The summed E-state index contributed by atoms with van der Waals surface area (Å²) >= 11 is 0. The van der Waals surface area contributed by atoms with Crippen molar-refractivity contribution in [2.75, 3.05) is 25.4 Å². The lowest BCUT2D eigenvalue weighted by molar-refractivity contribution is 0.0945. The Balaban J connectivity index is 0.00000133. The van der Waals surface area contributed by atoms with Crippen molar-refractivity contribution in [3.8, 4) is 22.3 Å². The molecule has 1 fully saturated rings. The highest BCUT2D eigenvalue weighted by atomic mass is 19.1. The molecule has 2 aliphatic rings. The molecule has 0 radical (unpaired) electrons. The van der Waals surface area contributed by atoms with Gasteiger partial charge in [-0.1, -0.05) is 38.1 Å². The number of fused-ring (bicyclic) bond motifs is 1. The summed E-state index contributed by atoms with van der Waals surface area (Å²) in [5, 5.41) is 6.07. The SMILES string of the molecule is CC.Nc1nc(F)c(-c2ccc(C3CCNCC3)cc2)cc1-c1cc2c(cc1F)C(=O)NCC2. The predicted octanol–water partition coefficient (Wildman–Crippen LogP) is 5.06. The fourth-order valence-electron chi connectivity index (χ4n) is 4.66. The molecule has 0 atom stereocenters. The molecule has 34 heavy (non-hydrogen) atoms. The van der Waals surface area contributed by atoms with E-state index in [1.54, 1.807) is 12.1 Å². The molecule has 178 valence electrons. The Kier molecular flexibility index (Phi) is 7.22. The molecule has 0 unspecified atom stereocenters. The highest BCUT2D eigenvalue weighted by molar-refractivity contribution is 5.97. The van der Waals surface area contributed by atoms with Crippen LogP contribution < -0.4 is 16.4 Å². The molecular weight excluding hydrogens is 434 g/mol. The van der Waals surface area contributed by atoms with Crippen LogP contribution in [0.15, 0.2) is 42.5 Å². The Morgan fingerprint density at radius 2 is 1.62 bits per heavy atom. The zero-order valence-electron chi connectivity index (χ0n) is 19.6. The largest absolute Gasteiger partial charge is 0.383 e. The van der Waals surface area contributed by atoms with Gasteiger partial charge in [-0.3, -0.25) is 4.79 Å². The average molecular weight is 465 g/mol. The first-order chi connectivity index (χ1) is 16.5. The molecule has 1 amide bonds. The second-order valence-corrected chi connectivity index (χ2v) is 8.40. The van der Waals surface area contributed by atoms with E-state index in [2.05, 4.69) is 15.6 Å². The summed E-state index contributed by atoms with van der Waals surface area (Å²) in [5.41, 5.74) is 9.74. The molecule has 0 bridgehead atoms. The van der Waals surface area contributed by atoms with Crippen LogP contribution in [-0.4, -0.2) is 30.5 Å². The summed E-state index contributed by atoms with van der Waals surface area (Å²) in [4.78, 5) is 15.9. The van der Waals surface area contributed by atoms with Gasteiger partial charge >= 0.3 is 0 Å². The first-order valence-electron chi connectivity index (χ1n) is 11.9. The summed E-state index contributed by atoms with van der Waals surface area (Å²) in [6.07, 6.45) is 2.75. The van der Waals surface area contributed by atoms with Gasteiger partial charge < -0.3 is 16.4 Å². The number of nitrogens with two attached hydrogens (primary N) is 1. The van der Waals surface area contributed by atoms with Crippen molar-refractivity contribution in [2.24, 2.45) is 0 Å². The van der Waals surface area contributed by atoms with Crippen LogP contribution in [0.4, 0.5) is 14.6 Å². The van der Waals surface area contributed by atoms with Gasteiger partial charge in [-0.25, -0.2) is 9.37 Å². The fourth-order valence-corrected chi connectivity index (χ4v) is 4.66. The van der Waals surface area contributed by atoms with Crippen LogP contribution in [0.5, 0.6) is 0 Å². The first-order valence-corrected chi connectivity index (χ1v) is 11.9. The maximum Gasteiger partial charge on any atom is 0.251 e. The third-order valence-electron chi connectivity index (χ3n) is 6.45. The van der Waals surface area contributed by atoms with Crippen molar-refractivity contribution in [3.63, 3.8) is 0 Å². The number of nitrogens with zero attached hydrogens (tertiary/aromatic N) is 1. The summed E-state index contributed by atoms with van der Waals surface area (Å²) in [7, 11) is 0. The third-order valence-corrected chi connectivity index (χ3v) is 6.45. The normalized spacial score (nSPS) is 15.7. The van der Waals surface area contributed by atoms with E-state index in [0.717, 1.165) is 31.5 Å². The molecule has 1 aromatic heterocycles. The minimum absolute atomic E-state index is 0.0864. The molecule has 2 aliphatic heterocycles. The molecule has 5 rings (SSSR count). The maximum atomic E-state index is 14.9. The molecule has 2 aromatic carbocycles. The Hall–Kier alpha value is -3.32. The van der Waals surface area contributed by atoms with E-state index < -0.39 is 11.8 Å². The van der Waals surface area contributed by atoms with Gasteiger partial charge in [0.25, 0.3) is 5.91 Å². The van der Waals surface area contributed by atoms with Crippen LogP contribution >= 0.6 is 0 Å². The predicted molar refractivity (Wildman–Crippen MR) is 132 cm³/mol. The number of pyridine rings is 1. The van der Waals surface area contributed by atoms with Gasteiger partial charge in [0.05, 0.1) is 0 Å². The number of nitrogen functional groups attached to an aromatic ring is 1. The molecule has 7 heteroatoms. The second kappa shape index (κ2) is 10.3. The van der Waals surface area contributed by atoms with E-state index in [4.69, 9.17) is 5.73 Å². The number of nitrogens with one attached hydrogen (secondary N) is 2. The second-order valence-electron chi connectivity index (χ2n) is 8.40. The van der Waals surface area contributed by atoms with E-state index in [1.807, 2.05) is 38.1 Å². The number of carbonyl (C=O) groups is 1. The summed E-state index contributed by atoms with van der Waals surface area (Å²) in [6, 6.07) is 12.2. The lowest BCUT2D eigenvalue weighted by Crippen LogP contribution is -2.32. The number of piperidine rings is 1. The van der Waals surface area contributed by atoms with Crippen molar-refractivity contribution in [3.05, 3.63) is 70.9 Å². The quantitative estimate of drug-likeness (QED) is 0.474. The lowest BCUT2D eigenvalue weighted by Gasteiger charge is -2.23. The fraction of sp³-hybridized carbons (Fsp3) is 0.333. The van der Waals surface area contributed by atoms with Gasteiger partial charge in [-0.15, -0.1) is 0 Å². The van der Waals surface area contributed by atoms with Gasteiger partial charge in [-0.05, 0) is 73.2 Å². The number of rotatable bonds is 3. The number of hydrogen-bond donors (Lipinski definition) is 3. The minimum Gasteiger partial charge on any atom is -0.383 e. The zero-order chi connectivity index (χ0) is 24.2. The van der Waals surface area contributed by atoms with Gasteiger partial charge in [-0.2, -0.15) is 4.39 Å². The lowest BCUT2D eigenvalue weighted by atomic mass is 9.89. The van der Waals surface area contributed by atoms with E-state index in [9.17, 15) is 13.6 Å². The van der Waals surface area contributed by atoms with Crippen molar-refractivity contribution in [1.29, 1.82) is 0 Å². The summed E-state index contributed by atoms with van der Waals surface area (Å²) < 4.78 is 29.7. The van der Waals surface area contributed by atoms with Crippen LogP contribution in [0.2, 0.25) is 0 Å². The topological polar surface area (TPSA) is 80.0 Å². The molecule has 0 spiro atoms. The molecule has 1 saturated heterocycles. The number of amides is 1. The first kappa shape index (κ1) is 23.8. The Labute approximate surface area is 198 Å². The highest BCUT2D eigenvalue weighted by Crippen LogP contribution is 2.35. The number of aromatic nitrogens is 1. The van der Waals surface area contributed by atoms with E-state index in [0.29, 0.717) is 35.6 Å². The van der Waals surface area contributed by atoms with E-state index in [1.165, 1.54) is 11.6 Å². The molecule has 0 saturated carbocycles. The van der Waals surface area contributed by atoms with Crippen LogP contribution in [0, 0.1) is 11.8 Å². The molecule has 4 N–H and O–H groups in total. The number of hydrogen-bond acceptors (Lipinski definition) is 4. The van der Waals surface area contributed by atoms with Crippen molar-refractivity contribution >= 4 is 11.7 Å². The zero-order valence-corrected chi connectivity index (χ0v) is 19.6. The van der Waals surface area contributed by atoms with Crippen LogP contribution in [-0.2, 0) is 6.42 Å². The molecule has 3 aromatic rings. The Bertz CT molecular complexity index is 1190. The highest BCUT2D eigenvalue weighted by Gasteiger charge is 2.22. The van der Waals surface area contributed by atoms with Crippen molar-refractivity contribution in [2.45, 2.75) is 39.0 Å². The smallest absolute Gasteiger partial charge is 0.251 e. The summed E-state index contributed by atoms with van der Waals surface area (Å²) in [6.45, 7) is 6.49. The van der Waals surface area contributed by atoms with Gasteiger partial charge in [0.1, 0.15) is 11.6 Å². The number of anilines is 1. The average Bonchev–Trinajstić information content (AvgIpc) is 2.87. The summed E-state index contributed by atoms with van der Waals surface area (Å²) in [5.74, 6) is -1.17. The minimum atomic E-state index is -0.696. The van der Waals surface area contributed by atoms with Crippen molar-refractivity contribution < 1.29 is 13.6 Å². The number of halogens is 2. The van der Waals surface area contributed by atoms with Crippen LogP contribution in [0.3, 0.4) is 0 Å². The van der Waals surface area contributed by atoms with Crippen molar-refractivity contribution in [1.82, 2.24) is 15.6 Å². The molecule has 3 heterocycles. The van der Waals surface area contributed by atoms with Crippen LogP contribution in [0.25, 0.3) is 22.3 Å².